The van der Waals surface area contributed by atoms with Crippen LogP contribution in [0.2, 0.25) is 0 Å². The van der Waals surface area contributed by atoms with E-state index in [1.807, 2.05) is 24.3 Å². The van der Waals surface area contributed by atoms with Crippen molar-refractivity contribution in [2.75, 3.05) is 20.2 Å². The fraction of sp³-hybridized carbons (Fsp3) is 0.500. The van der Waals surface area contributed by atoms with Crippen molar-refractivity contribution in [2.45, 2.75) is 25.5 Å². The Bertz CT molecular complexity index is 401. The van der Waals surface area contributed by atoms with Gasteiger partial charge in [0.2, 0.25) is 0 Å². The summed E-state index contributed by atoms with van der Waals surface area (Å²) in [6, 6.07) is 7.98. The van der Waals surface area contributed by atoms with Crippen molar-refractivity contribution in [3.8, 4) is 0 Å². The Balaban J connectivity index is 1.94. The molecule has 1 aromatic carbocycles. The van der Waals surface area contributed by atoms with Crippen LogP contribution in [0.25, 0.3) is 0 Å². The highest BCUT2D eigenvalue weighted by Gasteiger charge is 2.16. The van der Waals surface area contributed by atoms with Gasteiger partial charge in [-0.2, -0.15) is 0 Å². The van der Waals surface area contributed by atoms with Crippen LogP contribution in [-0.4, -0.2) is 32.1 Å². The quantitative estimate of drug-likeness (QED) is 0.826. The molecule has 0 bridgehead atoms. The summed E-state index contributed by atoms with van der Waals surface area (Å²) in [4.78, 5) is 12.1. The van der Waals surface area contributed by atoms with E-state index in [-0.39, 0.29) is 5.91 Å². The van der Waals surface area contributed by atoms with Crippen LogP contribution in [0.4, 0.5) is 0 Å². The molecule has 1 amide bonds. The second kappa shape index (κ2) is 6.52. The number of carbonyl (C=O) groups is 1. The summed E-state index contributed by atoms with van der Waals surface area (Å²) in [5.74, 6) is -0.0173. The molecular formula is C14H20N2O2. The van der Waals surface area contributed by atoms with Crippen LogP contribution in [0.3, 0.4) is 0 Å². The Labute approximate surface area is 108 Å². The molecule has 4 nitrogen and oxygen atoms in total. The Morgan fingerprint density at radius 3 is 3.06 bits per heavy atom. The number of hydrogen-bond donors (Lipinski definition) is 2. The predicted molar refractivity (Wildman–Crippen MR) is 70.5 cm³/mol. The monoisotopic (exact) mass is 248 g/mol. The fourth-order valence-electron chi connectivity index (χ4n) is 2.27. The Kier molecular flexibility index (Phi) is 4.73. The van der Waals surface area contributed by atoms with Crippen LogP contribution in [0, 0.1) is 0 Å². The molecule has 2 rings (SSSR count). The summed E-state index contributed by atoms with van der Waals surface area (Å²) in [6.45, 7) is 2.21. The van der Waals surface area contributed by atoms with E-state index in [9.17, 15) is 4.79 Å². The number of ether oxygens (including phenoxy) is 1. The van der Waals surface area contributed by atoms with Crippen molar-refractivity contribution in [1.29, 1.82) is 0 Å². The van der Waals surface area contributed by atoms with Crippen LogP contribution in [0.5, 0.6) is 0 Å². The molecule has 1 aromatic rings. The highest BCUT2D eigenvalue weighted by molar-refractivity contribution is 5.95. The largest absolute Gasteiger partial charge is 0.380 e. The minimum atomic E-state index is -0.0173. The van der Waals surface area contributed by atoms with Crippen LogP contribution < -0.4 is 10.6 Å². The molecule has 0 saturated carbocycles. The molecule has 1 heterocycles. The Hall–Kier alpha value is -1.39. The van der Waals surface area contributed by atoms with Crippen molar-refractivity contribution in [2.24, 2.45) is 0 Å². The summed E-state index contributed by atoms with van der Waals surface area (Å²) in [6.07, 6.45) is 2.33. The lowest BCUT2D eigenvalue weighted by molar-refractivity contribution is 0.0945. The number of amides is 1. The van der Waals surface area contributed by atoms with Crippen molar-refractivity contribution in [3.63, 3.8) is 0 Å². The van der Waals surface area contributed by atoms with Gasteiger partial charge >= 0.3 is 0 Å². The maximum Gasteiger partial charge on any atom is 0.251 e. The summed E-state index contributed by atoms with van der Waals surface area (Å²) in [5, 5.41) is 6.35. The number of nitrogens with one attached hydrogen (secondary N) is 2. The average molecular weight is 248 g/mol. The van der Waals surface area contributed by atoms with Gasteiger partial charge in [-0.05, 0) is 31.0 Å². The van der Waals surface area contributed by atoms with Gasteiger partial charge in [0.25, 0.3) is 5.91 Å². The molecular weight excluding hydrogens is 228 g/mol. The molecule has 98 valence electrons. The van der Waals surface area contributed by atoms with Crippen LogP contribution in [0.1, 0.15) is 28.8 Å². The van der Waals surface area contributed by atoms with Gasteiger partial charge in [-0.15, -0.1) is 0 Å². The van der Waals surface area contributed by atoms with Crippen molar-refractivity contribution >= 4 is 5.91 Å². The predicted octanol–water partition coefficient (Wildman–Crippen LogP) is 1.31. The average Bonchev–Trinajstić information content (AvgIpc) is 2.90. The highest BCUT2D eigenvalue weighted by atomic mass is 16.5. The molecule has 1 aliphatic heterocycles. The fourth-order valence-corrected chi connectivity index (χ4v) is 2.27. The van der Waals surface area contributed by atoms with Crippen LogP contribution >= 0.6 is 0 Å². The zero-order valence-electron chi connectivity index (χ0n) is 10.7. The lowest BCUT2D eigenvalue weighted by atomic mass is 10.1. The van der Waals surface area contributed by atoms with Crippen molar-refractivity contribution < 1.29 is 9.53 Å². The van der Waals surface area contributed by atoms with Crippen molar-refractivity contribution in [3.05, 3.63) is 35.4 Å². The van der Waals surface area contributed by atoms with E-state index in [0.717, 1.165) is 18.5 Å². The first-order chi connectivity index (χ1) is 8.81. The number of rotatable bonds is 5. The Morgan fingerprint density at radius 2 is 2.33 bits per heavy atom. The molecule has 0 aliphatic carbocycles. The third-order valence-corrected chi connectivity index (χ3v) is 3.23. The molecule has 1 aliphatic rings. The second-order valence-corrected chi connectivity index (χ2v) is 4.59. The van der Waals surface area contributed by atoms with Gasteiger partial charge in [0.05, 0.1) is 6.61 Å². The molecule has 18 heavy (non-hydrogen) atoms. The van der Waals surface area contributed by atoms with E-state index in [1.165, 1.54) is 6.42 Å². The van der Waals surface area contributed by atoms with E-state index in [0.29, 0.717) is 24.8 Å². The molecule has 0 aromatic heterocycles. The number of methoxy groups -OCH3 is 1. The van der Waals surface area contributed by atoms with E-state index in [4.69, 9.17) is 4.74 Å². The van der Waals surface area contributed by atoms with Crippen LogP contribution in [-0.2, 0) is 11.3 Å². The molecule has 0 radical (unpaired) electrons. The minimum Gasteiger partial charge on any atom is -0.380 e. The second-order valence-electron chi connectivity index (χ2n) is 4.59. The lowest BCUT2D eigenvalue weighted by Crippen LogP contribution is -2.37. The molecule has 0 spiro atoms. The van der Waals surface area contributed by atoms with E-state index >= 15 is 0 Å². The van der Waals surface area contributed by atoms with Crippen molar-refractivity contribution in [1.82, 2.24) is 10.6 Å². The maximum absolute atomic E-state index is 12.1. The van der Waals surface area contributed by atoms with Gasteiger partial charge in [0.15, 0.2) is 0 Å². The van der Waals surface area contributed by atoms with E-state index in [1.54, 1.807) is 7.11 Å². The van der Waals surface area contributed by atoms with Gasteiger partial charge in [-0.3, -0.25) is 4.79 Å². The first-order valence-electron chi connectivity index (χ1n) is 6.39. The third kappa shape index (κ3) is 3.31. The molecule has 1 fully saturated rings. The van der Waals surface area contributed by atoms with E-state index < -0.39 is 0 Å². The molecule has 1 unspecified atom stereocenters. The normalized spacial score (nSPS) is 18.8. The Morgan fingerprint density at radius 1 is 1.50 bits per heavy atom. The smallest absolute Gasteiger partial charge is 0.251 e. The van der Waals surface area contributed by atoms with E-state index in [2.05, 4.69) is 10.6 Å². The standard InChI is InChI=1S/C14H20N2O2/c1-18-10-11-5-2-3-7-13(11)14(17)16-9-12-6-4-8-15-12/h2-3,5,7,12,15H,4,6,8-10H2,1H3,(H,16,17). The number of benzene rings is 1. The summed E-state index contributed by atoms with van der Waals surface area (Å²) in [7, 11) is 1.64. The minimum absolute atomic E-state index is 0.0173. The van der Waals surface area contributed by atoms with Gasteiger partial charge in [-0.25, -0.2) is 0 Å². The molecule has 1 atom stereocenters. The third-order valence-electron chi connectivity index (χ3n) is 3.23. The summed E-state index contributed by atoms with van der Waals surface area (Å²) in [5.41, 5.74) is 1.63. The first-order valence-corrected chi connectivity index (χ1v) is 6.39. The van der Waals surface area contributed by atoms with Crippen LogP contribution in [0.15, 0.2) is 24.3 Å². The van der Waals surface area contributed by atoms with Gasteiger partial charge in [0.1, 0.15) is 0 Å². The van der Waals surface area contributed by atoms with Gasteiger partial charge in [0, 0.05) is 25.3 Å². The SMILES string of the molecule is COCc1ccccc1C(=O)NCC1CCCN1. The first kappa shape index (κ1) is 13.1. The van der Waals surface area contributed by atoms with Gasteiger partial charge < -0.3 is 15.4 Å². The molecule has 2 N–H and O–H groups in total. The van der Waals surface area contributed by atoms with Gasteiger partial charge in [-0.1, -0.05) is 18.2 Å². The molecule has 1 saturated heterocycles. The summed E-state index contributed by atoms with van der Waals surface area (Å²) < 4.78 is 5.10. The number of hydrogen-bond acceptors (Lipinski definition) is 3. The summed E-state index contributed by atoms with van der Waals surface area (Å²) >= 11 is 0. The lowest BCUT2D eigenvalue weighted by Gasteiger charge is -2.13. The topological polar surface area (TPSA) is 50.4 Å². The number of carbonyl (C=O) groups excluding carboxylic acids is 1. The zero-order valence-corrected chi connectivity index (χ0v) is 10.7. The maximum atomic E-state index is 12.1. The zero-order chi connectivity index (χ0) is 12.8. The highest BCUT2D eigenvalue weighted by Crippen LogP contribution is 2.10. The molecule has 4 heteroatoms.